The molecule has 1 heterocycles. The first-order valence-electron chi connectivity index (χ1n) is 5.78. The fourth-order valence-corrected chi connectivity index (χ4v) is 1.13. The van der Waals surface area contributed by atoms with Crippen LogP contribution in [0.2, 0.25) is 0 Å². The highest BCUT2D eigenvalue weighted by atomic mass is 16.6. The Morgan fingerprint density at radius 1 is 1.45 bits per heavy atom. The lowest BCUT2D eigenvalue weighted by Gasteiger charge is -2.19. The maximum Gasteiger partial charge on any atom is 0.310 e. The number of cyclic esters (lactones) is 1. The SMILES string of the molecule is NOCC(=O)C(O)C(O)C(O)CO.O=C1CCC=CO1. The molecule has 116 valence electrons. The second-order valence-corrected chi connectivity index (χ2v) is 3.86. The summed E-state index contributed by atoms with van der Waals surface area (Å²) in [6, 6.07) is 0. The van der Waals surface area contributed by atoms with Crippen molar-refractivity contribution in [1.29, 1.82) is 0 Å². The Labute approximate surface area is 115 Å². The zero-order chi connectivity index (χ0) is 15.5. The van der Waals surface area contributed by atoms with Gasteiger partial charge in [0.15, 0.2) is 5.78 Å². The van der Waals surface area contributed by atoms with Crippen LogP contribution in [0.1, 0.15) is 12.8 Å². The van der Waals surface area contributed by atoms with Crippen LogP contribution in [0.25, 0.3) is 0 Å². The third kappa shape index (κ3) is 7.28. The lowest BCUT2D eigenvalue weighted by molar-refractivity contribution is -0.144. The molecule has 6 N–H and O–H groups in total. The molecule has 1 aliphatic heterocycles. The molecular weight excluding hydrogens is 274 g/mol. The van der Waals surface area contributed by atoms with Crippen LogP contribution in [0.3, 0.4) is 0 Å². The Kier molecular flexibility index (Phi) is 9.72. The Morgan fingerprint density at radius 3 is 2.45 bits per heavy atom. The van der Waals surface area contributed by atoms with Crippen LogP contribution in [-0.4, -0.2) is 63.7 Å². The van der Waals surface area contributed by atoms with Crippen LogP contribution < -0.4 is 5.90 Å². The smallest absolute Gasteiger partial charge is 0.310 e. The van der Waals surface area contributed by atoms with E-state index in [1.165, 1.54) is 6.26 Å². The van der Waals surface area contributed by atoms with Gasteiger partial charge in [-0.05, 0) is 12.5 Å². The number of esters is 1. The van der Waals surface area contributed by atoms with E-state index < -0.39 is 37.3 Å². The molecule has 0 fully saturated rings. The number of rotatable bonds is 6. The van der Waals surface area contributed by atoms with Gasteiger partial charge in [-0.15, -0.1) is 0 Å². The highest BCUT2D eigenvalue weighted by Gasteiger charge is 2.29. The molecule has 0 saturated carbocycles. The largest absolute Gasteiger partial charge is 0.435 e. The van der Waals surface area contributed by atoms with E-state index in [1.807, 2.05) is 6.08 Å². The second kappa shape index (κ2) is 10.4. The fraction of sp³-hybridized carbons (Fsp3) is 0.636. The molecule has 0 bridgehead atoms. The standard InChI is InChI=1S/C6H13NO6.C5H6O2/c7-13-2-4(10)6(12)5(11)3(9)1-8;6-5-3-1-2-4-7-5/h3,5-6,8-9,11-12H,1-2,7H2;2,4H,1,3H2. The summed E-state index contributed by atoms with van der Waals surface area (Å²) >= 11 is 0. The van der Waals surface area contributed by atoms with Gasteiger partial charge >= 0.3 is 5.97 Å². The molecule has 1 rings (SSSR count). The van der Waals surface area contributed by atoms with E-state index in [0.717, 1.165) is 6.42 Å². The van der Waals surface area contributed by atoms with Gasteiger partial charge in [0.25, 0.3) is 0 Å². The van der Waals surface area contributed by atoms with E-state index >= 15 is 0 Å². The van der Waals surface area contributed by atoms with E-state index in [1.54, 1.807) is 0 Å². The highest BCUT2D eigenvalue weighted by Crippen LogP contribution is 2.01. The molecule has 0 aromatic rings. The molecule has 0 amide bonds. The number of aliphatic hydroxyl groups is 4. The summed E-state index contributed by atoms with van der Waals surface area (Å²) in [5.74, 6) is 3.56. The summed E-state index contributed by atoms with van der Waals surface area (Å²) in [4.78, 5) is 24.9. The topological polar surface area (TPSA) is 160 Å². The van der Waals surface area contributed by atoms with Crippen molar-refractivity contribution >= 4 is 11.8 Å². The summed E-state index contributed by atoms with van der Waals surface area (Å²) < 4.78 is 4.46. The monoisotopic (exact) mass is 293 g/mol. The van der Waals surface area contributed by atoms with Crippen LogP contribution >= 0.6 is 0 Å². The third-order valence-corrected chi connectivity index (χ3v) is 2.27. The van der Waals surface area contributed by atoms with E-state index in [0.29, 0.717) is 6.42 Å². The number of aliphatic hydroxyl groups excluding tert-OH is 4. The molecule has 0 aromatic carbocycles. The van der Waals surface area contributed by atoms with Crippen LogP contribution in [0.5, 0.6) is 0 Å². The number of ketones is 1. The van der Waals surface area contributed by atoms with Crippen molar-refractivity contribution in [3.63, 3.8) is 0 Å². The van der Waals surface area contributed by atoms with Crippen molar-refractivity contribution < 1.29 is 39.6 Å². The summed E-state index contributed by atoms with van der Waals surface area (Å²) in [6.45, 7) is -1.33. The van der Waals surface area contributed by atoms with Crippen LogP contribution in [-0.2, 0) is 19.2 Å². The summed E-state index contributed by atoms with van der Waals surface area (Å²) in [7, 11) is 0. The molecule has 20 heavy (non-hydrogen) atoms. The van der Waals surface area contributed by atoms with E-state index in [2.05, 4.69) is 15.5 Å². The quantitative estimate of drug-likeness (QED) is 0.260. The normalized spacial score (nSPS) is 18.4. The van der Waals surface area contributed by atoms with Crippen molar-refractivity contribution in [3.05, 3.63) is 12.3 Å². The molecular formula is C11H19NO8. The highest BCUT2D eigenvalue weighted by molar-refractivity contribution is 5.84. The van der Waals surface area contributed by atoms with Gasteiger partial charge in [0, 0.05) is 6.42 Å². The third-order valence-electron chi connectivity index (χ3n) is 2.27. The minimum absolute atomic E-state index is 0.123. The van der Waals surface area contributed by atoms with E-state index in [-0.39, 0.29) is 5.97 Å². The molecule has 3 atom stereocenters. The molecule has 3 unspecified atom stereocenters. The minimum atomic E-state index is -1.81. The van der Waals surface area contributed by atoms with E-state index in [4.69, 9.17) is 20.4 Å². The van der Waals surface area contributed by atoms with Gasteiger partial charge in [0.1, 0.15) is 24.9 Å². The number of carbonyl (C=O) groups excluding carboxylic acids is 2. The zero-order valence-corrected chi connectivity index (χ0v) is 10.7. The average Bonchev–Trinajstić information content (AvgIpc) is 2.46. The summed E-state index contributed by atoms with van der Waals surface area (Å²) in [6.07, 6.45) is -0.488. The van der Waals surface area contributed by atoms with E-state index in [9.17, 15) is 9.59 Å². The van der Waals surface area contributed by atoms with Crippen LogP contribution in [0, 0.1) is 0 Å². The molecule has 1 aliphatic rings. The Hall–Kier alpha value is -1.36. The molecule has 9 heteroatoms. The number of Topliss-reactive ketones (excluding diaryl/α,β-unsaturated/α-hetero) is 1. The van der Waals surface area contributed by atoms with Gasteiger partial charge in [-0.1, -0.05) is 0 Å². The lowest BCUT2D eigenvalue weighted by Crippen LogP contribution is -2.45. The molecule has 9 nitrogen and oxygen atoms in total. The minimum Gasteiger partial charge on any atom is -0.435 e. The average molecular weight is 293 g/mol. The Bertz CT molecular complexity index is 332. The van der Waals surface area contributed by atoms with Gasteiger partial charge in [-0.3, -0.25) is 14.4 Å². The maximum atomic E-state index is 10.8. The zero-order valence-electron chi connectivity index (χ0n) is 10.7. The van der Waals surface area contributed by atoms with Crippen molar-refractivity contribution in [3.8, 4) is 0 Å². The molecule has 0 saturated heterocycles. The van der Waals surface area contributed by atoms with Gasteiger partial charge in [0.2, 0.25) is 0 Å². The van der Waals surface area contributed by atoms with Gasteiger partial charge in [-0.25, -0.2) is 5.90 Å². The number of hydrogen-bond donors (Lipinski definition) is 5. The summed E-state index contributed by atoms with van der Waals surface area (Å²) in [5.41, 5.74) is 0. The van der Waals surface area contributed by atoms with Crippen molar-refractivity contribution in [2.45, 2.75) is 31.2 Å². The first-order valence-corrected chi connectivity index (χ1v) is 5.78. The first kappa shape index (κ1) is 18.6. The molecule has 0 aromatic heterocycles. The molecule has 0 radical (unpaired) electrons. The predicted octanol–water partition coefficient (Wildman–Crippen LogP) is -2.64. The van der Waals surface area contributed by atoms with Crippen LogP contribution in [0.15, 0.2) is 12.3 Å². The lowest BCUT2D eigenvalue weighted by atomic mass is 10.1. The van der Waals surface area contributed by atoms with Crippen LogP contribution in [0.4, 0.5) is 0 Å². The summed E-state index contributed by atoms with van der Waals surface area (Å²) in [5, 5.41) is 35.2. The van der Waals surface area contributed by atoms with Gasteiger partial charge < -0.3 is 25.2 Å². The molecule has 0 aliphatic carbocycles. The number of ether oxygens (including phenoxy) is 1. The number of nitrogens with two attached hydrogens (primary N) is 1. The first-order chi connectivity index (χ1) is 9.43. The predicted molar refractivity (Wildman–Crippen MR) is 64.7 cm³/mol. The Balaban J connectivity index is 0.000000428. The van der Waals surface area contributed by atoms with Crippen molar-refractivity contribution in [1.82, 2.24) is 0 Å². The molecule has 0 spiro atoms. The number of allylic oxidation sites excluding steroid dienone is 1. The van der Waals surface area contributed by atoms with Gasteiger partial charge in [-0.2, -0.15) is 0 Å². The number of hydrogen-bond acceptors (Lipinski definition) is 9. The fourth-order valence-electron chi connectivity index (χ4n) is 1.13. The van der Waals surface area contributed by atoms with Crippen molar-refractivity contribution in [2.75, 3.05) is 13.2 Å². The number of carbonyl (C=O) groups is 2. The maximum absolute atomic E-state index is 10.8. The Morgan fingerprint density at radius 2 is 2.10 bits per heavy atom. The second-order valence-electron chi connectivity index (χ2n) is 3.86. The van der Waals surface area contributed by atoms with Crippen molar-refractivity contribution in [2.24, 2.45) is 5.90 Å². The van der Waals surface area contributed by atoms with Gasteiger partial charge in [0.05, 0.1) is 12.9 Å².